The molecule has 1 fully saturated rings. The zero-order valence-electron chi connectivity index (χ0n) is 17.1. The summed E-state index contributed by atoms with van der Waals surface area (Å²) in [6, 6.07) is 15.0. The average Bonchev–Trinajstić information content (AvgIpc) is 2.76. The molecule has 31 heavy (non-hydrogen) atoms. The molecule has 1 aliphatic heterocycles. The van der Waals surface area contributed by atoms with Crippen molar-refractivity contribution < 1.29 is 13.2 Å². The van der Waals surface area contributed by atoms with E-state index in [9.17, 15) is 13.2 Å². The Kier molecular flexibility index (Phi) is 9.10. The first-order valence-corrected chi connectivity index (χ1v) is 13.7. The van der Waals surface area contributed by atoms with Crippen LogP contribution in [0.1, 0.15) is 24.0 Å². The molecule has 1 N–H and O–H groups in total. The fourth-order valence-corrected chi connectivity index (χ4v) is 6.51. The molecule has 1 amide bonds. The van der Waals surface area contributed by atoms with Crippen LogP contribution in [0.25, 0.3) is 0 Å². The third kappa shape index (κ3) is 7.39. The minimum Gasteiger partial charge on any atom is -0.355 e. The van der Waals surface area contributed by atoms with Crippen LogP contribution in [0.4, 0.5) is 0 Å². The van der Waals surface area contributed by atoms with Crippen molar-refractivity contribution in [2.24, 2.45) is 5.92 Å². The Morgan fingerprint density at radius 3 is 2.68 bits per heavy atom. The van der Waals surface area contributed by atoms with Crippen LogP contribution in [0.2, 0.25) is 10.0 Å². The molecular formula is C22H26Cl2N2O3S2. The largest absolute Gasteiger partial charge is 0.355 e. The van der Waals surface area contributed by atoms with E-state index in [0.29, 0.717) is 41.5 Å². The maximum atomic E-state index is 12.9. The molecule has 0 saturated carbocycles. The smallest absolute Gasteiger partial charge is 0.224 e. The summed E-state index contributed by atoms with van der Waals surface area (Å²) in [6.45, 7) is 1.20. The molecule has 0 spiro atoms. The molecule has 1 heterocycles. The molecule has 2 aromatic rings. The first-order valence-electron chi connectivity index (χ1n) is 10.2. The lowest BCUT2D eigenvalue weighted by atomic mass is 9.99. The van der Waals surface area contributed by atoms with Crippen molar-refractivity contribution in [3.05, 3.63) is 69.7 Å². The van der Waals surface area contributed by atoms with Crippen LogP contribution in [0.15, 0.2) is 48.5 Å². The molecule has 168 valence electrons. The number of halogens is 2. The fraction of sp³-hybridized carbons (Fsp3) is 0.409. The molecular weight excluding hydrogens is 475 g/mol. The van der Waals surface area contributed by atoms with Crippen molar-refractivity contribution in [2.75, 3.05) is 25.4 Å². The average molecular weight is 502 g/mol. The maximum absolute atomic E-state index is 12.9. The SMILES string of the molecule is O=C(NCCSCc1ccccc1)C1CCCN(S(=O)(=O)Cc2ccc(Cl)cc2Cl)C1. The van der Waals surface area contributed by atoms with E-state index in [2.05, 4.69) is 17.4 Å². The first kappa shape index (κ1) is 24.4. The van der Waals surface area contributed by atoms with E-state index in [0.717, 1.165) is 11.5 Å². The molecule has 0 aromatic heterocycles. The number of thioether (sulfide) groups is 1. The minimum atomic E-state index is -3.58. The highest BCUT2D eigenvalue weighted by Crippen LogP contribution is 2.26. The molecule has 5 nitrogen and oxygen atoms in total. The summed E-state index contributed by atoms with van der Waals surface area (Å²) in [6.07, 6.45) is 1.35. The number of benzene rings is 2. The molecule has 1 saturated heterocycles. The van der Waals surface area contributed by atoms with Gasteiger partial charge in [0.25, 0.3) is 0 Å². The predicted octanol–water partition coefficient (Wildman–Crippen LogP) is 4.58. The highest BCUT2D eigenvalue weighted by Gasteiger charge is 2.32. The number of piperidine rings is 1. The van der Waals surface area contributed by atoms with Gasteiger partial charge in [-0.3, -0.25) is 4.79 Å². The van der Waals surface area contributed by atoms with Crippen LogP contribution >= 0.6 is 35.0 Å². The van der Waals surface area contributed by atoms with Gasteiger partial charge in [-0.15, -0.1) is 0 Å². The summed E-state index contributed by atoms with van der Waals surface area (Å²) in [7, 11) is -3.58. The summed E-state index contributed by atoms with van der Waals surface area (Å²) >= 11 is 13.8. The van der Waals surface area contributed by atoms with Crippen LogP contribution in [0, 0.1) is 5.92 Å². The van der Waals surface area contributed by atoms with Crippen LogP contribution in [0.5, 0.6) is 0 Å². The van der Waals surface area contributed by atoms with Gasteiger partial charge in [0.2, 0.25) is 15.9 Å². The van der Waals surface area contributed by atoms with Crippen LogP contribution < -0.4 is 5.32 Å². The van der Waals surface area contributed by atoms with Gasteiger partial charge in [0.1, 0.15) is 0 Å². The number of nitrogens with zero attached hydrogens (tertiary/aromatic N) is 1. The van der Waals surface area contributed by atoms with E-state index in [1.807, 2.05) is 18.2 Å². The van der Waals surface area contributed by atoms with Gasteiger partial charge in [0.15, 0.2) is 0 Å². The number of nitrogens with one attached hydrogen (secondary N) is 1. The second-order valence-corrected chi connectivity index (χ2v) is 11.4. The van der Waals surface area contributed by atoms with Gasteiger partial charge in [0, 0.05) is 41.2 Å². The molecule has 1 unspecified atom stereocenters. The number of hydrogen-bond donors (Lipinski definition) is 1. The van der Waals surface area contributed by atoms with Crippen molar-refractivity contribution in [2.45, 2.75) is 24.3 Å². The van der Waals surface area contributed by atoms with E-state index >= 15 is 0 Å². The van der Waals surface area contributed by atoms with Crippen molar-refractivity contribution in [1.29, 1.82) is 0 Å². The maximum Gasteiger partial charge on any atom is 0.224 e. The molecule has 0 bridgehead atoms. The lowest BCUT2D eigenvalue weighted by molar-refractivity contribution is -0.125. The summed E-state index contributed by atoms with van der Waals surface area (Å²) < 4.78 is 27.2. The van der Waals surface area contributed by atoms with Crippen LogP contribution in [-0.4, -0.2) is 44.0 Å². The molecule has 1 atom stereocenters. The number of carbonyl (C=O) groups excluding carboxylic acids is 1. The van der Waals surface area contributed by atoms with E-state index in [1.165, 1.54) is 15.9 Å². The Labute approximate surface area is 198 Å². The number of hydrogen-bond acceptors (Lipinski definition) is 4. The fourth-order valence-electron chi connectivity index (χ4n) is 3.49. The minimum absolute atomic E-state index is 0.0789. The number of rotatable bonds is 9. The normalized spacial score (nSPS) is 17.4. The number of sulfonamides is 1. The van der Waals surface area contributed by atoms with Crippen molar-refractivity contribution >= 4 is 50.9 Å². The van der Waals surface area contributed by atoms with Crippen LogP contribution in [0.3, 0.4) is 0 Å². The summed E-state index contributed by atoms with van der Waals surface area (Å²) in [4.78, 5) is 12.6. The van der Waals surface area contributed by atoms with E-state index < -0.39 is 10.0 Å². The standard InChI is InChI=1S/C22H26Cl2N2O3S2/c23-20-9-8-19(21(24)13-20)16-31(28,29)26-11-4-7-18(14-26)22(27)25-10-12-30-15-17-5-2-1-3-6-17/h1-3,5-6,8-9,13,18H,4,7,10-12,14-16H2,(H,25,27). The van der Waals surface area contributed by atoms with E-state index in [4.69, 9.17) is 23.2 Å². The Bertz CT molecular complexity index is 988. The van der Waals surface area contributed by atoms with Crippen LogP contribution in [-0.2, 0) is 26.3 Å². The van der Waals surface area contributed by atoms with Gasteiger partial charge in [-0.1, -0.05) is 59.6 Å². The molecule has 0 radical (unpaired) electrons. The lowest BCUT2D eigenvalue weighted by Crippen LogP contribution is -2.46. The van der Waals surface area contributed by atoms with Gasteiger partial charge in [0.05, 0.1) is 11.7 Å². The monoisotopic (exact) mass is 500 g/mol. The highest BCUT2D eigenvalue weighted by molar-refractivity contribution is 7.98. The van der Waals surface area contributed by atoms with Crippen molar-refractivity contribution in [3.63, 3.8) is 0 Å². The van der Waals surface area contributed by atoms with Crippen molar-refractivity contribution in [3.8, 4) is 0 Å². The van der Waals surface area contributed by atoms with E-state index in [-0.39, 0.29) is 24.1 Å². The Morgan fingerprint density at radius 2 is 1.94 bits per heavy atom. The van der Waals surface area contributed by atoms with Gasteiger partial charge in [-0.05, 0) is 36.1 Å². The van der Waals surface area contributed by atoms with Gasteiger partial charge >= 0.3 is 0 Å². The molecule has 9 heteroatoms. The molecule has 0 aliphatic carbocycles. The topological polar surface area (TPSA) is 66.5 Å². The third-order valence-corrected chi connectivity index (χ3v) is 8.57. The molecule has 1 aliphatic rings. The second-order valence-electron chi connectivity index (χ2n) is 7.52. The summed E-state index contributed by atoms with van der Waals surface area (Å²) in [5.41, 5.74) is 1.76. The predicted molar refractivity (Wildman–Crippen MR) is 129 cm³/mol. The molecule has 2 aromatic carbocycles. The number of carbonyl (C=O) groups is 1. The Morgan fingerprint density at radius 1 is 1.16 bits per heavy atom. The third-order valence-electron chi connectivity index (χ3n) is 5.16. The zero-order valence-corrected chi connectivity index (χ0v) is 20.2. The number of amides is 1. The second kappa shape index (κ2) is 11.6. The summed E-state index contributed by atoms with van der Waals surface area (Å²) in [5, 5.41) is 3.75. The molecule has 3 rings (SSSR count). The summed E-state index contributed by atoms with van der Waals surface area (Å²) in [5.74, 6) is 1.10. The highest BCUT2D eigenvalue weighted by atomic mass is 35.5. The quantitative estimate of drug-likeness (QED) is 0.511. The first-order chi connectivity index (χ1) is 14.8. The Balaban J connectivity index is 1.46. The Hall–Kier alpha value is -1.25. The van der Waals surface area contributed by atoms with Gasteiger partial charge in [-0.25, -0.2) is 12.7 Å². The van der Waals surface area contributed by atoms with E-state index in [1.54, 1.807) is 23.9 Å². The lowest BCUT2D eigenvalue weighted by Gasteiger charge is -2.31. The van der Waals surface area contributed by atoms with Crippen molar-refractivity contribution in [1.82, 2.24) is 9.62 Å². The zero-order chi connectivity index (χ0) is 22.3. The van der Waals surface area contributed by atoms with Gasteiger partial charge in [-0.2, -0.15) is 11.8 Å². The van der Waals surface area contributed by atoms with Gasteiger partial charge < -0.3 is 5.32 Å².